The number of aliphatic imine (C=N–C) groups is 1. The molecule has 0 aliphatic heterocycles. The second-order valence-corrected chi connectivity index (χ2v) is 7.28. The average molecular weight is 530 g/mol. The summed E-state index contributed by atoms with van der Waals surface area (Å²) in [6.07, 6.45) is 1.77. The molecule has 5 nitrogen and oxygen atoms in total. The lowest BCUT2D eigenvalue weighted by Crippen LogP contribution is -2.38. The van der Waals surface area contributed by atoms with Crippen molar-refractivity contribution in [3.8, 4) is 0 Å². The van der Waals surface area contributed by atoms with Crippen molar-refractivity contribution in [3.63, 3.8) is 0 Å². The van der Waals surface area contributed by atoms with Crippen LogP contribution in [0.5, 0.6) is 0 Å². The largest absolute Gasteiger partial charge is 0.356 e. The molecule has 1 amide bonds. The Morgan fingerprint density at radius 2 is 1.83 bits per heavy atom. The number of nitrogens with one attached hydrogen (secondary N) is 3. The van der Waals surface area contributed by atoms with E-state index in [4.69, 9.17) is 0 Å². The molecule has 158 valence electrons. The Morgan fingerprint density at radius 3 is 2.52 bits per heavy atom. The molecule has 0 unspecified atom stereocenters. The minimum Gasteiger partial charge on any atom is -0.356 e. The molecule has 0 saturated heterocycles. The Balaban J connectivity index is 0.00000420. The van der Waals surface area contributed by atoms with Gasteiger partial charge in [-0.2, -0.15) is 0 Å². The van der Waals surface area contributed by atoms with Gasteiger partial charge in [0.05, 0.1) is 0 Å². The van der Waals surface area contributed by atoms with Crippen LogP contribution in [0.4, 0.5) is 4.39 Å². The summed E-state index contributed by atoms with van der Waals surface area (Å²) in [6, 6.07) is 14.2. The van der Waals surface area contributed by atoms with Gasteiger partial charge in [0, 0.05) is 37.6 Å². The molecular weight excluding hydrogens is 502 g/mol. The Kier molecular flexibility index (Phi) is 12.4. The fourth-order valence-corrected chi connectivity index (χ4v) is 3.41. The fraction of sp³-hybridized carbons (Fsp3) is 0.333. The molecule has 0 saturated carbocycles. The monoisotopic (exact) mass is 530 g/mol. The van der Waals surface area contributed by atoms with Crippen LogP contribution >= 0.6 is 35.7 Å². The van der Waals surface area contributed by atoms with Crippen molar-refractivity contribution in [1.82, 2.24) is 16.0 Å². The molecule has 0 bridgehead atoms. The zero-order valence-electron chi connectivity index (χ0n) is 16.7. The van der Waals surface area contributed by atoms with Crippen LogP contribution in [0.2, 0.25) is 0 Å². The molecule has 0 atom stereocenters. The molecule has 0 radical (unpaired) electrons. The standard InChI is InChI=1S/C21H27FN4OS.HI/c1-23-20(27)17-6-3-5-16(15-17)11-13-26-21(24-2)25-12-4-14-28-19-9-7-18(22)8-10-19;/h3,5-10,15H,4,11-14H2,1-2H3,(H,23,27)(H2,24,25,26);1H. The van der Waals surface area contributed by atoms with Gasteiger partial charge in [-0.15, -0.1) is 35.7 Å². The SMILES string of the molecule is CN=C(NCCCSc1ccc(F)cc1)NCCc1cccc(C(=O)NC)c1.I. The van der Waals surface area contributed by atoms with Gasteiger partial charge in [0.2, 0.25) is 0 Å². The summed E-state index contributed by atoms with van der Waals surface area (Å²) in [5.41, 5.74) is 1.76. The minimum absolute atomic E-state index is 0. The third-order valence-electron chi connectivity index (χ3n) is 4.04. The van der Waals surface area contributed by atoms with Gasteiger partial charge in [-0.25, -0.2) is 4.39 Å². The zero-order valence-corrected chi connectivity index (χ0v) is 19.9. The van der Waals surface area contributed by atoms with E-state index in [0.29, 0.717) is 5.56 Å². The van der Waals surface area contributed by atoms with Crippen LogP contribution in [0.3, 0.4) is 0 Å². The van der Waals surface area contributed by atoms with Gasteiger partial charge < -0.3 is 16.0 Å². The topological polar surface area (TPSA) is 65.5 Å². The Morgan fingerprint density at radius 1 is 1.10 bits per heavy atom. The number of amides is 1. The van der Waals surface area contributed by atoms with Gasteiger partial charge in [-0.3, -0.25) is 9.79 Å². The van der Waals surface area contributed by atoms with Crippen LogP contribution in [-0.4, -0.2) is 44.8 Å². The molecule has 0 spiro atoms. The van der Waals surface area contributed by atoms with E-state index in [-0.39, 0.29) is 35.7 Å². The second-order valence-electron chi connectivity index (χ2n) is 6.11. The molecule has 2 aromatic rings. The average Bonchev–Trinajstić information content (AvgIpc) is 2.73. The van der Waals surface area contributed by atoms with Gasteiger partial charge >= 0.3 is 0 Å². The van der Waals surface area contributed by atoms with Gasteiger partial charge in [0.25, 0.3) is 5.91 Å². The molecule has 0 aliphatic rings. The lowest BCUT2D eigenvalue weighted by atomic mass is 10.1. The van der Waals surface area contributed by atoms with E-state index in [1.807, 2.05) is 18.2 Å². The van der Waals surface area contributed by atoms with Crippen LogP contribution < -0.4 is 16.0 Å². The molecule has 8 heteroatoms. The molecule has 29 heavy (non-hydrogen) atoms. The minimum atomic E-state index is -0.207. The quantitative estimate of drug-likeness (QED) is 0.152. The summed E-state index contributed by atoms with van der Waals surface area (Å²) in [6.45, 7) is 1.53. The van der Waals surface area contributed by atoms with Crippen molar-refractivity contribution in [2.45, 2.75) is 17.7 Å². The molecule has 0 aromatic heterocycles. The first-order chi connectivity index (χ1) is 13.6. The smallest absolute Gasteiger partial charge is 0.251 e. The van der Waals surface area contributed by atoms with Crippen LogP contribution in [0.15, 0.2) is 58.4 Å². The number of halogens is 2. The number of hydrogen-bond acceptors (Lipinski definition) is 3. The number of rotatable bonds is 9. The maximum absolute atomic E-state index is 12.9. The summed E-state index contributed by atoms with van der Waals surface area (Å²) in [7, 11) is 3.37. The number of carbonyl (C=O) groups is 1. The van der Waals surface area contributed by atoms with Gasteiger partial charge in [-0.1, -0.05) is 12.1 Å². The van der Waals surface area contributed by atoms with Crippen molar-refractivity contribution in [2.75, 3.05) is 32.9 Å². The van der Waals surface area contributed by atoms with E-state index in [2.05, 4.69) is 20.9 Å². The van der Waals surface area contributed by atoms with Crippen LogP contribution in [0.25, 0.3) is 0 Å². The summed E-state index contributed by atoms with van der Waals surface area (Å²) in [5, 5.41) is 9.21. The lowest BCUT2D eigenvalue weighted by Gasteiger charge is -2.12. The summed E-state index contributed by atoms with van der Waals surface area (Å²) in [4.78, 5) is 17.0. The van der Waals surface area contributed by atoms with E-state index in [1.54, 1.807) is 44.1 Å². The van der Waals surface area contributed by atoms with E-state index >= 15 is 0 Å². The normalized spacial score (nSPS) is 10.8. The highest BCUT2D eigenvalue weighted by molar-refractivity contribution is 14.0. The van der Waals surface area contributed by atoms with Gasteiger partial charge in [0.1, 0.15) is 5.82 Å². The highest BCUT2D eigenvalue weighted by atomic mass is 127. The van der Waals surface area contributed by atoms with Crippen LogP contribution in [-0.2, 0) is 6.42 Å². The maximum atomic E-state index is 12.9. The summed E-state index contributed by atoms with van der Waals surface area (Å²) < 4.78 is 12.9. The number of hydrogen-bond donors (Lipinski definition) is 3. The number of guanidine groups is 1. The molecular formula is C21H28FIN4OS. The fourth-order valence-electron chi connectivity index (χ4n) is 2.56. The van der Waals surface area contributed by atoms with Crippen molar-refractivity contribution in [3.05, 3.63) is 65.5 Å². The molecule has 0 aliphatic carbocycles. The molecule has 0 fully saturated rings. The van der Waals surface area contributed by atoms with E-state index < -0.39 is 0 Å². The Bertz CT molecular complexity index is 787. The first-order valence-corrected chi connectivity index (χ1v) is 10.2. The third-order valence-corrected chi connectivity index (χ3v) is 5.14. The van der Waals surface area contributed by atoms with Crippen LogP contribution in [0.1, 0.15) is 22.3 Å². The highest BCUT2D eigenvalue weighted by Crippen LogP contribution is 2.18. The van der Waals surface area contributed by atoms with Crippen LogP contribution in [0, 0.1) is 5.82 Å². The van der Waals surface area contributed by atoms with E-state index in [1.165, 1.54) is 12.1 Å². The Hall–Kier alpha value is -1.81. The summed E-state index contributed by atoms with van der Waals surface area (Å²) in [5.74, 6) is 1.42. The predicted molar refractivity (Wildman–Crippen MR) is 130 cm³/mol. The first-order valence-electron chi connectivity index (χ1n) is 9.26. The first kappa shape index (κ1) is 25.2. The molecule has 2 rings (SSSR count). The van der Waals surface area contributed by atoms with Gasteiger partial charge in [0.15, 0.2) is 5.96 Å². The molecule has 0 heterocycles. The maximum Gasteiger partial charge on any atom is 0.251 e. The van der Waals surface area contributed by atoms with Crippen molar-refractivity contribution in [2.24, 2.45) is 4.99 Å². The number of carbonyl (C=O) groups excluding carboxylic acids is 1. The second kappa shape index (κ2) is 14.2. The van der Waals surface area contributed by atoms with E-state index in [9.17, 15) is 9.18 Å². The lowest BCUT2D eigenvalue weighted by molar-refractivity contribution is 0.0963. The van der Waals surface area contributed by atoms with Gasteiger partial charge in [-0.05, 0) is 60.6 Å². The number of thioether (sulfide) groups is 1. The van der Waals surface area contributed by atoms with Crippen molar-refractivity contribution in [1.29, 1.82) is 0 Å². The van der Waals surface area contributed by atoms with Crippen molar-refractivity contribution >= 4 is 47.6 Å². The van der Waals surface area contributed by atoms with Crippen molar-refractivity contribution < 1.29 is 9.18 Å². The summed E-state index contributed by atoms with van der Waals surface area (Å²) >= 11 is 1.71. The van der Waals surface area contributed by atoms with E-state index in [0.717, 1.165) is 48.1 Å². The number of benzene rings is 2. The highest BCUT2D eigenvalue weighted by Gasteiger charge is 2.04. The Labute approximate surface area is 193 Å². The predicted octanol–water partition coefficient (Wildman–Crippen LogP) is 3.69. The zero-order chi connectivity index (χ0) is 20.2. The molecule has 3 N–H and O–H groups in total. The molecule has 2 aromatic carbocycles. The number of nitrogens with zero attached hydrogens (tertiary/aromatic N) is 1. The third kappa shape index (κ3) is 9.49.